The zero-order valence-corrected chi connectivity index (χ0v) is 15.5. The van der Waals surface area contributed by atoms with Gasteiger partial charge in [-0.1, -0.05) is 18.2 Å². The number of aromatic nitrogens is 2. The summed E-state index contributed by atoms with van der Waals surface area (Å²) in [7, 11) is 1.76. The number of rotatable bonds is 8. The average molecular weight is 372 g/mol. The second-order valence-electron chi connectivity index (χ2n) is 6.72. The van der Waals surface area contributed by atoms with Gasteiger partial charge < -0.3 is 15.0 Å². The molecule has 1 aromatic heterocycles. The summed E-state index contributed by atoms with van der Waals surface area (Å²) in [5.74, 6) is 0.809. The number of nitrogens with one attached hydrogen (secondary N) is 1. The smallest absolute Gasteiger partial charge is 0.222 e. The molecular weight excluding hydrogens is 347 g/mol. The van der Waals surface area contributed by atoms with Crippen LogP contribution >= 0.6 is 0 Å². The van der Waals surface area contributed by atoms with Crippen molar-refractivity contribution in [2.24, 2.45) is 0 Å². The summed E-state index contributed by atoms with van der Waals surface area (Å²) < 4.78 is 19.0. The minimum absolute atomic E-state index is 0.00784. The van der Waals surface area contributed by atoms with Crippen LogP contribution in [0.15, 0.2) is 36.7 Å². The Morgan fingerprint density at radius 2 is 2.22 bits per heavy atom. The highest BCUT2D eigenvalue weighted by atomic mass is 19.1. The molecule has 1 N–H and O–H groups in total. The maximum atomic E-state index is 13.6. The maximum Gasteiger partial charge on any atom is 0.222 e. The molecule has 0 bridgehead atoms. The molecule has 1 aromatic carbocycles. The Kier molecular flexibility index (Phi) is 6.70. The third-order valence-electron chi connectivity index (χ3n) is 4.78. The van der Waals surface area contributed by atoms with E-state index in [4.69, 9.17) is 4.74 Å². The predicted octanol–water partition coefficient (Wildman–Crippen LogP) is 2.62. The molecule has 1 aliphatic rings. The van der Waals surface area contributed by atoms with Gasteiger partial charge >= 0.3 is 0 Å². The van der Waals surface area contributed by atoms with Gasteiger partial charge in [0.1, 0.15) is 18.0 Å². The molecular formula is C20H25FN4O2. The number of nitrogens with zero attached hydrogens (tertiary/aromatic N) is 3. The molecule has 27 heavy (non-hydrogen) atoms. The number of likely N-dealkylation sites (N-methyl/N-ethyl adjacent to an activating group) is 1. The minimum atomic E-state index is -0.262. The molecule has 1 saturated heterocycles. The largest absolute Gasteiger partial charge is 0.381 e. The van der Waals surface area contributed by atoms with E-state index in [-0.39, 0.29) is 18.1 Å². The van der Waals surface area contributed by atoms with Crippen LogP contribution in [0.5, 0.6) is 0 Å². The molecule has 0 radical (unpaired) electrons. The van der Waals surface area contributed by atoms with E-state index < -0.39 is 0 Å². The molecule has 7 heteroatoms. The van der Waals surface area contributed by atoms with Crippen molar-refractivity contribution in [2.75, 3.05) is 38.7 Å². The van der Waals surface area contributed by atoms with Gasteiger partial charge in [0.15, 0.2) is 0 Å². The Labute approximate surface area is 158 Å². The van der Waals surface area contributed by atoms with Crippen molar-refractivity contribution in [3.63, 3.8) is 0 Å². The first kappa shape index (κ1) is 19.2. The van der Waals surface area contributed by atoms with Crippen LogP contribution in [0.3, 0.4) is 0 Å². The Balaban J connectivity index is 1.42. The van der Waals surface area contributed by atoms with Crippen LogP contribution in [0.2, 0.25) is 0 Å². The predicted molar refractivity (Wildman–Crippen MR) is 101 cm³/mol. The number of amides is 1. The molecule has 0 saturated carbocycles. The van der Waals surface area contributed by atoms with Crippen molar-refractivity contribution < 1.29 is 13.9 Å². The van der Waals surface area contributed by atoms with Gasteiger partial charge in [-0.2, -0.15) is 0 Å². The molecule has 0 aliphatic carbocycles. The highest BCUT2D eigenvalue weighted by Gasteiger charge is 2.19. The van der Waals surface area contributed by atoms with E-state index in [0.717, 1.165) is 24.5 Å². The summed E-state index contributed by atoms with van der Waals surface area (Å²) in [5, 5.41) is 3.23. The lowest BCUT2D eigenvalue weighted by Gasteiger charge is -2.18. The number of halogens is 1. The summed E-state index contributed by atoms with van der Waals surface area (Å²) in [6, 6.07) is 8.51. The highest BCUT2D eigenvalue weighted by Crippen LogP contribution is 2.24. The van der Waals surface area contributed by atoms with Crippen LogP contribution in [-0.2, 0) is 16.0 Å². The van der Waals surface area contributed by atoms with Crippen LogP contribution in [0.1, 0.15) is 30.0 Å². The Hall–Kier alpha value is -2.54. The van der Waals surface area contributed by atoms with Gasteiger partial charge in [0, 0.05) is 45.1 Å². The van der Waals surface area contributed by atoms with Crippen LogP contribution in [-0.4, -0.2) is 54.1 Å². The topological polar surface area (TPSA) is 67.3 Å². The molecule has 1 aliphatic heterocycles. The Morgan fingerprint density at radius 3 is 3.00 bits per heavy atom. The van der Waals surface area contributed by atoms with Gasteiger partial charge in [0.05, 0.1) is 12.3 Å². The fraction of sp³-hybridized carbons (Fsp3) is 0.450. The number of carbonyl (C=O) groups excluding carboxylic acids is 1. The summed E-state index contributed by atoms with van der Waals surface area (Å²) in [6.45, 7) is 2.61. The molecule has 1 atom stereocenters. The average Bonchev–Trinajstić information content (AvgIpc) is 3.22. The van der Waals surface area contributed by atoms with Crippen molar-refractivity contribution >= 4 is 11.7 Å². The van der Waals surface area contributed by atoms with Crippen molar-refractivity contribution in [1.82, 2.24) is 14.9 Å². The van der Waals surface area contributed by atoms with E-state index in [1.807, 2.05) is 6.07 Å². The first-order chi connectivity index (χ1) is 13.1. The lowest BCUT2D eigenvalue weighted by Crippen LogP contribution is -2.31. The van der Waals surface area contributed by atoms with E-state index in [0.29, 0.717) is 37.6 Å². The van der Waals surface area contributed by atoms with Crippen molar-refractivity contribution in [3.05, 3.63) is 53.7 Å². The zero-order valence-electron chi connectivity index (χ0n) is 15.5. The normalized spacial score (nSPS) is 16.3. The summed E-state index contributed by atoms with van der Waals surface area (Å²) in [4.78, 5) is 22.4. The Morgan fingerprint density at radius 1 is 1.37 bits per heavy atom. The van der Waals surface area contributed by atoms with Gasteiger partial charge in [-0.3, -0.25) is 4.79 Å². The lowest BCUT2D eigenvalue weighted by atomic mass is 10.1. The number of anilines is 1. The summed E-state index contributed by atoms with van der Waals surface area (Å²) >= 11 is 0. The molecule has 0 spiro atoms. The molecule has 6 nitrogen and oxygen atoms in total. The van der Waals surface area contributed by atoms with Gasteiger partial charge in [0.2, 0.25) is 5.91 Å². The fourth-order valence-electron chi connectivity index (χ4n) is 3.07. The minimum Gasteiger partial charge on any atom is -0.381 e. The number of carbonyl (C=O) groups is 1. The van der Waals surface area contributed by atoms with Crippen LogP contribution in [0.25, 0.3) is 0 Å². The number of hydrogen-bond acceptors (Lipinski definition) is 5. The Bertz CT molecular complexity index is 765. The van der Waals surface area contributed by atoms with Gasteiger partial charge in [-0.15, -0.1) is 0 Å². The van der Waals surface area contributed by atoms with E-state index in [2.05, 4.69) is 15.3 Å². The van der Waals surface area contributed by atoms with E-state index in [1.165, 1.54) is 6.07 Å². The monoisotopic (exact) mass is 372 g/mol. The van der Waals surface area contributed by atoms with E-state index >= 15 is 0 Å². The third kappa shape index (κ3) is 5.47. The first-order valence-corrected chi connectivity index (χ1v) is 9.24. The molecule has 1 amide bonds. The lowest BCUT2D eigenvalue weighted by molar-refractivity contribution is -0.129. The quantitative estimate of drug-likeness (QED) is 0.772. The maximum absolute atomic E-state index is 13.6. The highest BCUT2D eigenvalue weighted by molar-refractivity contribution is 5.76. The fourth-order valence-corrected chi connectivity index (χ4v) is 3.07. The summed E-state index contributed by atoms with van der Waals surface area (Å²) in [5.41, 5.74) is 1.56. The van der Waals surface area contributed by atoms with E-state index in [9.17, 15) is 9.18 Å². The van der Waals surface area contributed by atoms with Crippen LogP contribution in [0.4, 0.5) is 10.2 Å². The second-order valence-corrected chi connectivity index (χ2v) is 6.72. The van der Waals surface area contributed by atoms with Gasteiger partial charge in [0.25, 0.3) is 0 Å². The first-order valence-electron chi connectivity index (χ1n) is 9.24. The molecule has 2 aromatic rings. The SMILES string of the molecule is CN(CCNc1cc(C2CCOC2)ncn1)C(=O)CCc1ccccc1F. The zero-order chi connectivity index (χ0) is 19.1. The molecule has 1 unspecified atom stereocenters. The second kappa shape index (κ2) is 9.41. The van der Waals surface area contributed by atoms with Crippen molar-refractivity contribution in [2.45, 2.75) is 25.2 Å². The molecule has 1 fully saturated rings. The van der Waals surface area contributed by atoms with Crippen molar-refractivity contribution in [1.29, 1.82) is 0 Å². The van der Waals surface area contributed by atoms with Crippen LogP contribution < -0.4 is 5.32 Å². The van der Waals surface area contributed by atoms with Crippen LogP contribution in [0, 0.1) is 5.82 Å². The molecule has 144 valence electrons. The number of aryl methyl sites for hydroxylation is 1. The number of ether oxygens (including phenoxy) is 1. The number of benzene rings is 1. The molecule has 2 heterocycles. The van der Waals surface area contributed by atoms with E-state index in [1.54, 1.807) is 36.5 Å². The van der Waals surface area contributed by atoms with Gasteiger partial charge in [-0.25, -0.2) is 14.4 Å². The standard InChI is InChI=1S/C20H25FN4O2/c1-25(20(26)7-6-15-4-2-3-5-17(15)21)10-9-22-19-12-18(23-14-24-19)16-8-11-27-13-16/h2-5,12,14,16H,6-11,13H2,1H3,(H,22,23,24). The van der Waals surface area contributed by atoms with Gasteiger partial charge in [-0.05, 0) is 24.5 Å². The summed E-state index contributed by atoms with van der Waals surface area (Å²) in [6.07, 6.45) is 3.23. The molecule has 3 rings (SSSR count). The number of hydrogen-bond donors (Lipinski definition) is 1. The van der Waals surface area contributed by atoms with Crippen molar-refractivity contribution in [3.8, 4) is 0 Å². The third-order valence-corrected chi connectivity index (χ3v) is 4.78.